The van der Waals surface area contributed by atoms with Gasteiger partial charge in [0.05, 0.1) is 12.8 Å². The van der Waals surface area contributed by atoms with Gasteiger partial charge in [0.15, 0.2) is 0 Å². The second-order valence-electron chi connectivity index (χ2n) is 8.75. The van der Waals surface area contributed by atoms with E-state index in [2.05, 4.69) is 62.3 Å². The van der Waals surface area contributed by atoms with Crippen LogP contribution >= 0.6 is 0 Å². The minimum atomic E-state index is 0.295. The second kappa shape index (κ2) is 7.95. The summed E-state index contributed by atoms with van der Waals surface area (Å²) < 4.78 is 7.80. The minimum absolute atomic E-state index is 0.295. The Labute approximate surface area is 179 Å². The van der Waals surface area contributed by atoms with Crippen molar-refractivity contribution in [2.24, 2.45) is 5.92 Å². The first-order chi connectivity index (χ1) is 14.3. The Morgan fingerprint density at radius 2 is 1.67 bits per heavy atom. The molecule has 160 valence electrons. The topological polar surface area (TPSA) is 50.5 Å². The third kappa shape index (κ3) is 3.35. The maximum absolute atomic E-state index is 9.52. The van der Waals surface area contributed by atoms with Gasteiger partial charge in [0, 0.05) is 42.2 Å². The van der Waals surface area contributed by atoms with Gasteiger partial charge >= 0.3 is 0 Å². The number of pyridine rings is 1. The van der Waals surface area contributed by atoms with Gasteiger partial charge < -0.3 is 14.7 Å². The first-order valence-corrected chi connectivity index (χ1v) is 10.9. The van der Waals surface area contributed by atoms with Crippen LogP contribution in [0, 0.1) is 40.5 Å². The molecule has 0 amide bonds. The van der Waals surface area contributed by atoms with E-state index in [1.54, 1.807) is 7.11 Å². The fourth-order valence-corrected chi connectivity index (χ4v) is 4.94. The molecule has 2 aromatic heterocycles. The lowest BCUT2D eigenvalue weighted by Crippen LogP contribution is -2.35. The van der Waals surface area contributed by atoms with Crippen molar-refractivity contribution in [2.75, 3.05) is 31.7 Å². The van der Waals surface area contributed by atoms with Crippen LogP contribution in [0.15, 0.2) is 18.2 Å². The van der Waals surface area contributed by atoms with E-state index in [1.165, 1.54) is 39.1 Å². The van der Waals surface area contributed by atoms with E-state index in [0.29, 0.717) is 12.5 Å². The summed E-state index contributed by atoms with van der Waals surface area (Å²) in [6.07, 6.45) is 2.07. The van der Waals surface area contributed by atoms with Gasteiger partial charge in [-0.15, -0.1) is 0 Å². The van der Waals surface area contributed by atoms with Gasteiger partial charge in [-0.05, 0) is 88.3 Å². The van der Waals surface area contributed by atoms with Crippen molar-refractivity contribution >= 4 is 16.7 Å². The van der Waals surface area contributed by atoms with Gasteiger partial charge in [0.25, 0.3) is 0 Å². The maximum Gasteiger partial charge on any atom is 0.147 e. The van der Waals surface area contributed by atoms with Gasteiger partial charge in [-0.1, -0.05) is 0 Å². The number of aliphatic hydroxyl groups is 1. The van der Waals surface area contributed by atoms with E-state index in [1.807, 2.05) is 0 Å². The predicted octanol–water partition coefficient (Wildman–Crippen LogP) is 4.78. The number of fused-ring (bicyclic) bond motifs is 1. The second-order valence-corrected chi connectivity index (χ2v) is 8.75. The van der Waals surface area contributed by atoms with Crippen molar-refractivity contribution in [3.05, 3.63) is 46.3 Å². The first-order valence-electron chi connectivity index (χ1n) is 10.9. The van der Waals surface area contributed by atoms with E-state index in [4.69, 9.17) is 9.72 Å². The van der Waals surface area contributed by atoms with Crippen LogP contribution in [-0.4, -0.2) is 41.5 Å². The van der Waals surface area contributed by atoms with Gasteiger partial charge in [-0.2, -0.15) is 0 Å². The molecule has 0 aliphatic carbocycles. The fourth-order valence-electron chi connectivity index (χ4n) is 4.94. The zero-order valence-corrected chi connectivity index (χ0v) is 19.0. The van der Waals surface area contributed by atoms with Crippen LogP contribution in [0.1, 0.15) is 40.9 Å². The highest BCUT2D eigenvalue weighted by molar-refractivity contribution is 5.96. The molecule has 1 fully saturated rings. The zero-order valence-electron chi connectivity index (χ0n) is 19.0. The third-order valence-corrected chi connectivity index (χ3v) is 6.71. The molecular weight excluding hydrogens is 374 g/mol. The highest BCUT2D eigenvalue weighted by atomic mass is 16.5. The smallest absolute Gasteiger partial charge is 0.147 e. The molecule has 5 nitrogen and oxygen atoms in total. The van der Waals surface area contributed by atoms with Crippen LogP contribution in [-0.2, 0) is 0 Å². The molecule has 0 saturated carbocycles. The number of rotatable bonds is 4. The number of benzene rings is 1. The Kier molecular flexibility index (Phi) is 5.49. The van der Waals surface area contributed by atoms with Crippen molar-refractivity contribution in [2.45, 2.75) is 47.5 Å². The fraction of sp³-hybridized carbons (Fsp3) is 0.480. The van der Waals surface area contributed by atoms with Crippen molar-refractivity contribution in [1.29, 1.82) is 0 Å². The highest BCUT2D eigenvalue weighted by Gasteiger charge is 2.25. The molecular formula is C25H33N3O2. The highest BCUT2D eigenvalue weighted by Crippen LogP contribution is 2.38. The third-order valence-electron chi connectivity index (χ3n) is 6.71. The number of anilines is 1. The van der Waals surface area contributed by atoms with Gasteiger partial charge in [-0.3, -0.25) is 4.57 Å². The molecule has 1 aromatic carbocycles. The molecule has 0 spiro atoms. The van der Waals surface area contributed by atoms with Crippen LogP contribution in [0.25, 0.3) is 16.7 Å². The molecule has 1 aliphatic heterocycles. The number of aryl methyl sites for hydroxylation is 4. The van der Waals surface area contributed by atoms with Gasteiger partial charge in [-0.25, -0.2) is 4.98 Å². The molecule has 30 heavy (non-hydrogen) atoms. The van der Waals surface area contributed by atoms with E-state index in [0.717, 1.165) is 43.0 Å². The molecule has 0 unspecified atom stereocenters. The summed E-state index contributed by atoms with van der Waals surface area (Å²) in [5, 5.41) is 10.8. The van der Waals surface area contributed by atoms with Crippen LogP contribution in [0.4, 0.5) is 5.69 Å². The number of hydrogen-bond donors (Lipinski definition) is 1. The Bertz CT molecular complexity index is 1070. The van der Waals surface area contributed by atoms with Crippen LogP contribution in [0.5, 0.6) is 5.75 Å². The van der Waals surface area contributed by atoms with E-state index < -0.39 is 0 Å². The van der Waals surface area contributed by atoms with Crippen LogP contribution in [0.2, 0.25) is 0 Å². The number of piperidine rings is 1. The Hall–Kier alpha value is -2.53. The summed E-state index contributed by atoms with van der Waals surface area (Å²) in [4.78, 5) is 7.49. The van der Waals surface area contributed by atoms with Crippen molar-refractivity contribution < 1.29 is 9.84 Å². The number of ether oxygens (including phenoxy) is 1. The van der Waals surface area contributed by atoms with Gasteiger partial charge in [0.1, 0.15) is 11.4 Å². The molecule has 0 bridgehead atoms. The molecule has 3 aromatic rings. The molecule has 3 heterocycles. The zero-order chi connectivity index (χ0) is 21.6. The summed E-state index contributed by atoms with van der Waals surface area (Å²) in [6.45, 7) is 13.0. The lowest BCUT2D eigenvalue weighted by atomic mass is 9.97. The number of aliphatic hydroxyl groups excluding tert-OH is 1. The molecule has 0 atom stereocenters. The van der Waals surface area contributed by atoms with Crippen molar-refractivity contribution in [3.8, 4) is 11.4 Å². The number of methoxy groups -OCH3 is 1. The molecule has 5 heteroatoms. The number of aromatic nitrogens is 2. The lowest BCUT2D eigenvalue weighted by molar-refractivity contribution is 0.203. The standard InChI is InChI=1S/C25H33N3O2/c1-15-11-21(30-6)12-16(2)24(15)28-19(5)18(4)23-22(13-17(3)26-25(23)28)27-9-7-20(14-29)8-10-27/h11-13,20,29H,7-10,14H2,1-6H3. The quantitative estimate of drug-likeness (QED) is 0.676. The summed E-state index contributed by atoms with van der Waals surface area (Å²) in [5.41, 5.74) is 9.40. The molecule has 1 saturated heterocycles. The predicted molar refractivity (Wildman–Crippen MR) is 123 cm³/mol. The molecule has 4 rings (SSSR count). The maximum atomic E-state index is 9.52. The Morgan fingerprint density at radius 1 is 1.03 bits per heavy atom. The number of nitrogens with zero attached hydrogens (tertiary/aromatic N) is 3. The molecule has 1 aliphatic rings. The van der Waals surface area contributed by atoms with Crippen molar-refractivity contribution in [3.63, 3.8) is 0 Å². The van der Waals surface area contributed by atoms with Crippen LogP contribution < -0.4 is 9.64 Å². The largest absolute Gasteiger partial charge is 0.497 e. The monoisotopic (exact) mass is 407 g/mol. The van der Waals surface area contributed by atoms with E-state index in [-0.39, 0.29) is 0 Å². The summed E-state index contributed by atoms with van der Waals surface area (Å²) >= 11 is 0. The first kappa shape index (κ1) is 20.7. The van der Waals surface area contributed by atoms with E-state index >= 15 is 0 Å². The average Bonchev–Trinajstić information content (AvgIpc) is 2.97. The molecule has 1 N–H and O–H groups in total. The lowest BCUT2D eigenvalue weighted by Gasteiger charge is -2.33. The normalized spacial score (nSPS) is 15.2. The Balaban J connectivity index is 1.93. The average molecular weight is 408 g/mol. The summed E-state index contributed by atoms with van der Waals surface area (Å²) in [5.74, 6) is 1.31. The minimum Gasteiger partial charge on any atom is -0.497 e. The summed E-state index contributed by atoms with van der Waals surface area (Å²) in [6, 6.07) is 6.42. The SMILES string of the molecule is COc1cc(C)c(-n2c(C)c(C)c3c(N4CCC(CO)CC4)cc(C)nc32)c(C)c1. The Morgan fingerprint density at radius 3 is 2.23 bits per heavy atom. The van der Waals surface area contributed by atoms with E-state index in [9.17, 15) is 5.11 Å². The molecule has 0 radical (unpaired) electrons. The number of hydrogen-bond acceptors (Lipinski definition) is 4. The van der Waals surface area contributed by atoms with Crippen LogP contribution in [0.3, 0.4) is 0 Å². The van der Waals surface area contributed by atoms with Crippen molar-refractivity contribution in [1.82, 2.24) is 9.55 Å². The summed E-state index contributed by atoms with van der Waals surface area (Å²) in [7, 11) is 1.71. The van der Waals surface area contributed by atoms with Gasteiger partial charge in [0.2, 0.25) is 0 Å².